The van der Waals surface area contributed by atoms with Crippen LogP contribution in [-0.2, 0) is 11.3 Å². The Morgan fingerprint density at radius 2 is 2.19 bits per heavy atom. The van der Waals surface area contributed by atoms with Crippen molar-refractivity contribution in [3.63, 3.8) is 0 Å². The van der Waals surface area contributed by atoms with Crippen molar-refractivity contribution in [2.75, 3.05) is 38.7 Å². The van der Waals surface area contributed by atoms with E-state index in [2.05, 4.69) is 28.2 Å². The van der Waals surface area contributed by atoms with Crippen molar-refractivity contribution in [3.8, 4) is 0 Å². The van der Waals surface area contributed by atoms with Crippen LogP contribution in [0.5, 0.6) is 0 Å². The van der Waals surface area contributed by atoms with Crippen LogP contribution >= 0.6 is 0 Å². The Labute approximate surface area is 127 Å². The van der Waals surface area contributed by atoms with E-state index in [9.17, 15) is 5.11 Å². The SMILES string of the molecule is CCCNc1ncccc1CN(C)CC1(O)CCOCC1. The molecule has 1 aliphatic rings. The van der Waals surface area contributed by atoms with E-state index < -0.39 is 5.60 Å². The smallest absolute Gasteiger partial charge is 0.130 e. The Hall–Kier alpha value is -1.17. The van der Waals surface area contributed by atoms with Gasteiger partial charge in [0, 0.05) is 57.4 Å². The Balaban J connectivity index is 1.94. The standard InChI is InChI=1S/C16H27N3O2/c1-3-8-17-15-14(5-4-9-18-15)12-19(2)13-16(20)6-10-21-11-7-16/h4-5,9,20H,3,6-8,10-13H2,1-2H3,(H,17,18). The van der Waals surface area contributed by atoms with Crippen LogP contribution < -0.4 is 5.32 Å². The topological polar surface area (TPSA) is 57.6 Å². The lowest BCUT2D eigenvalue weighted by Crippen LogP contribution is -2.45. The van der Waals surface area contributed by atoms with Crippen LogP contribution in [0, 0.1) is 0 Å². The minimum Gasteiger partial charge on any atom is -0.388 e. The maximum absolute atomic E-state index is 10.6. The second-order valence-electron chi connectivity index (χ2n) is 5.95. The molecule has 0 bridgehead atoms. The van der Waals surface area contributed by atoms with E-state index in [1.807, 2.05) is 19.3 Å². The van der Waals surface area contributed by atoms with Crippen molar-refractivity contribution in [1.29, 1.82) is 0 Å². The Morgan fingerprint density at radius 1 is 1.43 bits per heavy atom. The second kappa shape index (κ2) is 7.73. The molecular formula is C16H27N3O2. The second-order valence-corrected chi connectivity index (χ2v) is 5.95. The fourth-order valence-corrected chi connectivity index (χ4v) is 2.73. The van der Waals surface area contributed by atoms with Gasteiger partial charge in [-0.15, -0.1) is 0 Å². The molecule has 2 heterocycles. The summed E-state index contributed by atoms with van der Waals surface area (Å²) < 4.78 is 5.33. The number of hydrogen-bond donors (Lipinski definition) is 2. The zero-order chi connectivity index (χ0) is 15.1. The summed E-state index contributed by atoms with van der Waals surface area (Å²) in [6.07, 6.45) is 4.32. The number of anilines is 1. The molecule has 1 aromatic heterocycles. The molecule has 1 aliphatic heterocycles. The van der Waals surface area contributed by atoms with Crippen LogP contribution in [0.2, 0.25) is 0 Å². The highest BCUT2D eigenvalue weighted by molar-refractivity contribution is 5.43. The van der Waals surface area contributed by atoms with Crippen LogP contribution in [0.25, 0.3) is 0 Å². The summed E-state index contributed by atoms with van der Waals surface area (Å²) in [5.74, 6) is 0.949. The molecule has 0 aliphatic carbocycles. The fraction of sp³-hybridized carbons (Fsp3) is 0.688. The molecule has 118 valence electrons. The highest BCUT2D eigenvalue weighted by Gasteiger charge is 2.31. The van der Waals surface area contributed by atoms with E-state index in [1.54, 1.807) is 0 Å². The lowest BCUT2D eigenvalue weighted by atomic mass is 9.94. The molecule has 0 unspecified atom stereocenters. The molecule has 5 heteroatoms. The number of aromatic nitrogens is 1. The lowest BCUT2D eigenvalue weighted by Gasteiger charge is -2.35. The Kier molecular flexibility index (Phi) is 5.96. The third-order valence-electron chi connectivity index (χ3n) is 3.86. The van der Waals surface area contributed by atoms with Crippen molar-refractivity contribution in [3.05, 3.63) is 23.9 Å². The number of ether oxygens (including phenoxy) is 1. The third kappa shape index (κ3) is 4.95. The van der Waals surface area contributed by atoms with Crippen LogP contribution in [0.3, 0.4) is 0 Å². The summed E-state index contributed by atoms with van der Waals surface area (Å²) >= 11 is 0. The normalized spacial score (nSPS) is 17.9. The summed E-state index contributed by atoms with van der Waals surface area (Å²) in [7, 11) is 2.05. The van der Waals surface area contributed by atoms with Crippen LogP contribution in [-0.4, -0.2) is 53.9 Å². The third-order valence-corrected chi connectivity index (χ3v) is 3.86. The molecule has 2 N–H and O–H groups in total. The largest absolute Gasteiger partial charge is 0.388 e. The van der Waals surface area contributed by atoms with Gasteiger partial charge >= 0.3 is 0 Å². The fourth-order valence-electron chi connectivity index (χ4n) is 2.73. The number of nitrogens with one attached hydrogen (secondary N) is 1. The van der Waals surface area contributed by atoms with Gasteiger partial charge in [0.1, 0.15) is 5.82 Å². The first kappa shape index (κ1) is 16.2. The predicted octanol–water partition coefficient (Wildman–Crippen LogP) is 1.88. The van der Waals surface area contributed by atoms with Gasteiger partial charge in [0.15, 0.2) is 0 Å². The van der Waals surface area contributed by atoms with Crippen molar-refractivity contribution >= 4 is 5.82 Å². The number of hydrogen-bond acceptors (Lipinski definition) is 5. The molecule has 0 atom stereocenters. The van der Waals surface area contributed by atoms with E-state index in [0.717, 1.165) is 25.3 Å². The van der Waals surface area contributed by atoms with Gasteiger partial charge in [0.05, 0.1) is 5.60 Å². The Bertz CT molecular complexity index is 433. The number of pyridine rings is 1. The van der Waals surface area contributed by atoms with Crippen molar-refractivity contribution in [2.45, 2.75) is 38.3 Å². The van der Waals surface area contributed by atoms with E-state index in [0.29, 0.717) is 32.6 Å². The van der Waals surface area contributed by atoms with Gasteiger partial charge in [-0.2, -0.15) is 0 Å². The minimum absolute atomic E-state index is 0.619. The highest BCUT2D eigenvalue weighted by Crippen LogP contribution is 2.22. The lowest BCUT2D eigenvalue weighted by molar-refractivity contribution is -0.0777. The number of nitrogens with zero attached hydrogens (tertiary/aromatic N) is 2. The maximum Gasteiger partial charge on any atom is 0.130 e. The number of aliphatic hydroxyl groups is 1. The molecule has 1 fully saturated rings. The van der Waals surface area contributed by atoms with Gasteiger partial charge in [-0.05, 0) is 19.5 Å². The molecule has 1 aromatic rings. The van der Waals surface area contributed by atoms with Crippen molar-refractivity contribution in [1.82, 2.24) is 9.88 Å². The molecule has 0 amide bonds. The van der Waals surface area contributed by atoms with E-state index in [1.165, 1.54) is 5.56 Å². The van der Waals surface area contributed by atoms with Crippen molar-refractivity contribution in [2.24, 2.45) is 0 Å². The molecule has 0 aromatic carbocycles. The molecule has 21 heavy (non-hydrogen) atoms. The average molecular weight is 293 g/mol. The van der Waals surface area contributed by atoms with Gasteiger partial charge in [0.2, 0.25) is 0 Å². The maximum atomic E-state index is 10.6. The number of rotatable bonds is 7. The zero-order valence-electron chi connectivity index (χ0n) is 13.1. The van der Waals surface area contributed by atoms with Gasteiger partial charge in [-0.25, -0.2) is 4.98 Å². The summed E-state index contributed by atoms with van der Waals surface area (Å²) in [5, 5.41) is 13.9. The zero-order valence-corrected chi connectivity index (χ0v) is 13.1. The molecule has 2 rings (SSSR count). The first-order chi connectivity index (χ1) is 10.1. The average Bonchev–Trinajstić information content (AvgIpc) is 2.46. The molecule has 0 radical (unpaired) electrons. The van der Waals surface area contributed by atoms with E-state index in [4.69, 9.17) is 4.74 Å². The summed E-state index contributed by atoms with van der Waals surface area (Å²) in [5.41, 5.74) is 0.552. The van der Waals surface area contributed by atoms with Gasteiger partial charge in [-0.3, -0.25) is 4.90 Å². The molecule has 1 saturated heterocycles. The molecule has 0 saturated carbocycles. The number of likely N-dealkylation sites (N-methyl/N-ethyl adjacent to an activating group) is 1. The summed E-state index contributed by atoms with van der Waals surface area (Å²) in [6.45, 7) is 5.82. The highest BCUT2D eigenvalue weighted by atomic mass is 16.5. The van der Waals surface area contributed by atoms with Gasteiger partial charge in [0.25, 0.3) is 0 Å². The molecule has 0 spiro atoms. The van der Waals surface area contributed by atoms with Gasteiger partial charge < -0.3 is 15.2 Å². The quantitative estimate of drug-likeness (QED) is 0.804. The first-order valence-electron chi connectivity index (χ1n) is 7.79. The van der Waals surface area contributed by atoms with Gasteiger partial charge in [-0.1, -0.05) is 13.0 Å². The van der Waals surface area contributed by atoms with Crippen LogP contribution in [0.4, 0.5) is 5.82 Å². The summed E-state index contributed by atoms with van der Waals surface area (Å²) in [4.78, 5) is 6.58. The van der Waals surface area contributed by atoms with E-state index >= 15 is 0 Å². The van der Waals surface area contributed by atoms with Crippen LogP contribution in [0.15, 0.2) is 18.3 Å². The minimum atomic E-state index is -0.619. The molecular weight excluding hydrogens is 266 g/mol. The van der Waals surface area contributed by atoms with E-state index in [-0.39, 0.29) is 0 Å². The predicted molar refractivity (Wildman–Crippen MR) is 84.4 cm³/mol. The summed E-state index contributed by atoms with van der Waals surface area (Å²) in [6, 6.07) is 4.05. The van der Waals surface area contributed by atoms with Crippen molar-refractivity contribution < 1.29 is 9.84 Å². The monoisotopic (exact) mass is 293 g/mol. The first-order valence-corrected chi connectivity index (χ1v) is 7.79. The van der Waals surface area contributed by atoms with Crippen LogP contribution in [0.1, 0.15) is 31.7 Å². The Morgan fingerprint density at radius 3 is 2.90 bits per heavy atom. The molecule has 5 nitrogen and oxygen atoms in total.